The van der Waals surface area contributed by atoms with Crippen LogP contribution in [0.4, 0.5) is 13.2 Å². The molecule has 1 N–H and O–H groups in total. The Hall–Kier alpha value is -2.97. The monoisotopic (exact) mass is 377 g/mol. The minimum atomic E-state index is -4.49. The highest BCUT2D eigenvalue weighted by molar-refractivity contribution is 5.63. The number of halogens is 3. The molecule has 0 amide bonds. The number of aromatic amines is 1. The number of hydrogen-bond donors (Lipinski definition) is 1. The Morgan fingerprint density at radius 2 is 1.70 bits per heavy atom. The van der Waals surface area contributed by atoms with Gasteiger partial charge in [0.15, 0.2) is 5.82 Å². The third-order valence-electron chi connectivity index (χ3n) is 3.70. The van der Waals surface area contributed by atoms with Gasteiger partial charge >= 0.3 is 6.18 Å². The van der Waals surface area contributed by atoms with E-state index in [2.05, 4.69) is 38.8 Å². The Labute approximate surface area is 153 Å². The van der Waals surface area contributed by atoms with Crippen LogP contribution in [0, 0.1) is 12.8 Å². The number of hydrogen-bond acceptors (Lipinski definition) is 5. The van der Waals surface area contributed by atoms with Crippen molar-refractivity contribution in [3.05, 3.63) is 42.1 Å². The number of nitrogens with zero attached hydrogens (tertiary/aromatic N) is 4. The Balaban J connectivity index is 1.80. The normalized spacial score (nSPS) is 11.8. The van der Waals surface area contributed by atoms with Crippen LogP contribution < -0.4 is 4.74 Å². The summed E-state index contributed by atoms with van der Waals surface area (Å²) in [7, 11) is 0. The van der Waals surface area contributed by atoms with E-state index in [-0.39, 0.29) is 11.5 Å². The van der Waals surface area contributed by atoms with E-state index >= 15 is 0 Å². The number of nitrogens with one attached hydrogen (secondary N) is 1. The number of ether oxygens (including phenoxy) is 1. The van der Waals surface area contributed by atoms with Gasteiger partial charge in [-0.25, -0.2) is 15.0 Å². The van der Waals surface area contributed by atoms with E-state index in [1.165, 1.54) is 12.4 Å². The molecule has 0 aromatic carbocycles. The molecule has 0 fully saturated rings. The molecule has 0 saturated heterocycles. The van der Waals surface area contributed by atoms with E-state index < -0.39 is 11.9 Å². The van der Waals surface area contributed by atoms with Crippen molar-refractivity contribution in [3.8, 4) is 28.7 Å². The van der Waals surface area contributed by atoms with Gasteiger partial charge in [0.1, 0.15) is 11.4 Å². The topological polar surface area (TPSA) is 76.6 Å². The average molecular weight is 377 g/mol. The highest BCUT2D eigenvalue weighted by atomic mass is 19.4. The lowest BCUT2D eigenvalue weighted by atomic mass is 10.1. The molecule has 0 aliphatic heterocycles. The summed E-state index contributed by atoms with van der Waals surface area (Å²) in [6, 6.07) is 1.81. The van der Waals surface area contributed by atoms with Gasteiger partial charge in [-0.15, -0.1) is 0 Å². The summed E-state index contributed by atoms with van der Waals surface area (Å²) in [6.45, 7) is 6.57. The first-order valence-electron chi connectivity index (χ1n) is 8.28. The van der Waals surface area contributed by atoms with Crippen LogP contribution in [0.5, 0.6) is 5.88 Å². The molecule has 0 aliphatic carbocycles. The standard InChI is InChI=1S/C18H18F3N5O/c1-10(2)9-27-16-4-11(3)12(5-24-16)13-6-23-14(7-22-13)17-25-8-15(26-17)18(19,20)21/h4-8,10H,9H2,1-3H3,(H,25,26). The Kier molecular flexibility index (Phi) is 5.11. The van der Waals surface area contributed by atoms with Crippen LogP contribution in [0.1, 0.15) is 25.1 Å². The predicted octanol–water partition coefficient (Wildman–Crippen LogP) is 4.29. The van der Waals surface area contributed by atoms with Gasteiger partial charge in [0.25, 0.3) is 0 Å². The number of pyridine rings is 1. The third kappa shape index (κ3) is 4.42. The second-order valence-corrected chi connectivity index (χ2v) is 6.47. The molecule has 6 nitrogen and oxygen atoms in total. The number of H-pyrrole nitrogens is 1. The van der Waals surface area contributed by atoms with Crippen molar-refractivity contribution in [3.63, 3.8) is 0 Å². The molecule has 0 bridgehead atoms. The number of imidazole rings is 1. The molecule has 0 spiro atoms. The van der Waals surface area contributed by atoms with Gasteiger partial charge in [0.05, 0.1) is 30.9 Å². The molecule has 9 heteroatoms. The highest BCUT2D eigenvalue weighted by Crippen LogP contribution is 2.29. The average Bonchev–Trinajstić information content (AvgIpc) is 3.11. The fraction of sp³-hybridized carbons (Fsp3) is 0.333. The first-order chi connectivity index (χ1) is 12.7. The minimum absolute atomic E-state index is 0.00801. The zero-order valence-electron chi connectivity index (χ0n) is 15.0. The Bertz CT molecular complexity index is 919. The van der Waals surface area contributed by atoms with Crippen LogP contribution in [-0.2, 0) is 6.18 Å². The number of rotatable bonds is 5. The molecule has 0 saturated carbocycles. The molecule has 0 radical (unpaired) electrons. The molecule has 0 aliphatic rings. The van der Waals surface area contributed by atoms with Crippen LogP contribution in [0.3, 0.4) is 0 Å². The minimum Gasteiger partial charge on any atom is -0.477 e. The first kappa shape index (κ1) is 18.8. The maximum absolute atomic E-state index is 12.7. The summed E-state index contributed by atoms with van der Waals surface area (Å²) in [5.74, 6) is 0.933. The molecule has 3 aromatic rings. The molecule has 27 heavy (non-hydrogen) atoms. The molecule has 0 atom stereocenters. The Morgan fingerprint density at radius 3 is 2.26 bits per heavy atom. The second-order valence-electron chi connectivity index (χ2n) is 6.47. The van der Waals surface area contributed by atoms with E-state index in [9.17, 15) is 13.2 Å². The predicted molar refractivity (Wildman–Crippen MR) is 92.9 cm³/mol. The lowest BCUT2D eigenvalue weighted by Gasteiger charge is -2.10. The molecule has 3 aromatic heterocycles. The van der Waals surface area contributed by atoms with Crippen molar-refractivity contribution in [2.75, 3.05) is 6.61 Å². The van der Waals surface area contributed by atoms with Gasteiger partial charge in [0.2, 0.25) is 5.88 Å². The van der Waals surface area contributed by atoms with Crippen molar-refractivity contribution in [2.45, 2.75) is 26.9 Å². The van der Waals surface area contributed by atoms with Gasteiger partial charge in [-0.1, -0.05) is 13.8 Å². The van der Waals surface area contributed by atoms with Crippen molar-refractivity contribution in [1.82, 2.24) is 24.9 Å². The maximum Gasteiger partial charge on any atom is 0.432 e. The van der Waals surface area contributed by atoms with Crippen molar-refractivity contribution in [2.24, 2.45) is 5.92 Å². The fourth-order valence-electron chi connectivity index (χ4n) is 2.31. The van der Waals surface area contributed by atoms with E-state index in [0.29, 0.717) is 24.1 Å². The summed E-state index contributed by atoms with van der Waals surface area (Å²) in [5.41, 5.74) is 1.52. The van der Waals surface area contributed by atoms with Crippen LogP contribution >= 0.6 is 0 Å². The summed E-state index contributed by atoms with van der Waals surface area (Å²) >= 11 is 0. The van der Waals surface area contributed by atoms with E-state index in [0.717, 1.165) is 17.3 Å². The second kappa shape index (κ2) is 7.34. The smallest absolute Gasteiger partial charge is 0.432 e. The van der Waals surface area contributed by atoms with Crippen LogP contribution in [0.25, 0.3) is 22.8 Å². The molecule has 3 heterocycles. The lowest BCUT2D eigenvalue weighted by molar-refractivity contribution is -0.140. The van der Waals surface area contributed by atoms with E-state index in [1.54, 1.807) is 6.20 Å². The van der Waals surface area contributed by atoms with Crippen LogP contribution in [0.2, 0.25) is 0 Å². The van der Waals surface area contributed by atoms with Gasteiger partial charge in [-0.2, -0.15) is 13.2 Å². The molecule has 142 valence electrons. The highest BCUT2D eigenvalue weighted by Gasteiger charge is 2.33. The lowest BCUT2D eigenvalue weighted by Crippen LogP contribution is -2.06. The quantitative estimate of drug-likeness (QED) is 0.718. The Morgan fingerprint density at radius 1 is 1.00 bits per heavy atom. The van der Waals surface area contributed by atoms with Gasteiger partial charge in [-0.3, -0.25) is 4.98 Å². The third-order valence-corrected chi connectivity index (χ3v) is 3.70. The maximum atomic E-state index is 12.7. The van der Waals surface area contributed by atoms with Crippen molar-refractivity contribution >= 4 is 0 Å². The number of aryl methyl sites for hydroxylation is 1. The SMILES string of the molecule is Cc1cc(OCC(C)C)ncc1-c1cnc(-c2ncc(C(F)(F)F)[nH]2)cn1. The van der Waals surface area contributed by atoms with E-state index in [4.69, 9.17) is 4.74 Å². The number of alkyl halides is 3. The van der Waals surface area contributed by atoms with Crippen LogP contribution in [-0.4, -0.2) is 31.5 Å². The van der Waals surface area contributed by atoms with Gasteiger partial charge in [-0.05, 0) is 18.4 Å². The van der Waals surface area contributed by atoms with Crippen molar-refractivity contribution < 1.29 is 17.9 Å². The summed E-state index contributed by atoms with van der Waals surface area (Å²) < 4.78 is 43.6. The molecular formula is C18H18F3N5O. The van der Waals surface area contributed by atoms with Crippen molar-refractivity contribution in [1.29, 1.82) is 0 Å². The van der Waals surface area contributed by atoms with Gasteiger partial charge < -0.3 is 9.72 Å². The first-order valence-corrected chi connectivity index (χ1v) is 8.28. The van der Waals surface area contributed by atoms with E-state index in [1.807, 2.05) is 13.0 Å². The zero-order chi connectivity index (χ0) is 19.6. The summed E-state index contributed by atoms with van der Waals surface area (Å²) in [4.78, 5) is 18.6. The summed E-state index contributed by atoms with van der Waals surface area (Å²) in [6.07, 6.45) is 0.736. The van der Waals surface area contributed by atoms with Gasteiger partial charge in [0, 0.05) is 17.8 Å². The molecule has 0 unspecified atom stereocenters. The fourth-order valence-corrected chi connectivity index (χ4v) is 2.31. The largest absolute Gasteiger partial charge is 0.477 e. The summed E-state index contributed by atoms with van der Waals surface area (Å²) in [5, 5.41) is 0. The molecular weight excluding hydrogens is 359 g/mol. The molecule has 3 rings (SSSR count). The zero-order valence-corrected chi connectivity index (χ0v) is 15.0. The van der Waals surface area contributed by atoms with Crippen LogP contribution in [0.15, 0.2) is 30.9 Å². The number of aromatic nitrogens is 5.